The van der Waals surface area contributed by atoms with Crippen LogP contribution in [0.25, 0.3) is 0 Å². The van der Waals surface area contributed by atoms with E-state index in [-0.39, 0.29) is 18.2 Å². The lowest BCUT2D eigenvalue weighted by atomic mass is 10.0. The minimum atomic E-state index is -0.706. The minimum absolute atomic E-state index is 0.296. The monoisotopic (exact) mass is 360 g/mol. The molecule has 0 radical (unpaired) electrons. The van der Waals surface area contributed by atoms with E-state index in [1.165, 1.54) is 0 Å². The number of nitrogens with one attached hydrogen (secondary N) is 2. The number of benzene rings is 2. The van der Waals surface area contributed by atoms with Crippen LogP contribution in [0.3, 0.4) is 0 Å². The summed E-state index contributed by atoms with van der Waals surface area (Å²) in [5.41, 5.74) is 1.62. The molecular weight excluding hydrogens is 340 g/mol. The lowest BCUT2D eigenvalue weighted by molar-refractivity contribution is -0.284. The molecule has 2 aromatic carbocycles. The average molecular weight is 361 g/mol. The first-order valence-electron chi connectivity index (χ1n) is 8.13. The molecule has 25 heavy (non-hydrogen) atoms. The number of hydrogen-bond acceptors (Lipinski definition) is 3. The molecule has 2 aromatic rings. The highest BCUT2D eigenvalue weighted by Gasteiger charge is 2.38. The SMILES string of the molecule is CC1(C)OCC(NC(=O)Nc2cccc(Cl)c2)C(c2ccccc2)O1. The summed E-state index contributed by atoms with van der Waals surface area (Å²) in [4.78, 5) is 12.4. The Hall–Kier alpha value is -2.08. The van der Waals surface area contributed by atoms with Crippen LogP contribution in [0.4, 0.5) is 10.5 Å². The number of amides is 2. The van der Waals surface area contributed by atoms with Crippen LogP contribution in [-0.4, -0.2) is 24.5 Å². The summed E-state index contributed by atoms with van der Waals surface area (Å²) in [5.74, 6) is -0.706. The summed E-state index contributed by atoms with van der Waals surface area (Å²) in [6.45, 7) is 4.09. The molecule has 6 heteroatoms. The Morgan fingerprint density at radius 2 is 1.92 bits per heavy atom. The molecule has 2 atom stereocenters. The first kappa shape index (κ1) is 17.7. The zero-order valence-electron chi connectivity index (χ0n) is 14.2. The van der Waals surface area contributed by atoms with Gasteiger partial charge in [-0.05, 0) is 37.6 Å². The first-order valence-corrected chi connectivity index (χ1v) is 8.50. The molecule has 1 heterocycles. The smallest absolute Gasteiger partial charge is 0.319 e. The largest absolute Gasteiger partial charge is 0.348 e. The Morgan fingerprint density at radius 3 is 2.64 bits per heavy atom. The van der Waals surface area contributed by atoms with Crippen molar-refractivity contribution in [3.05, 3.63) is 65.2 Å². The van der Waals surface area contributed by atoms with E-state index in [1.807, 2.05) is 44.2 Å². The molecule has 1 fully saturated rings. The minimum Gasteiger partial charge on any atom is -0.348 e. The zero-order valence-corrected chi connectivity index (χ0v) is 14.9. The molecule has 2 amide bonds. The fourth-order valence-corrected chi connectivity index (χ4v) is 2.95. The predicted molar refractivity (Wildman–Crippen MR) is 97.7 cm³/mol. The van der Waals surface area contributed by atoms with Crippen molar-refractivity contribution in [2.45, 2.75) is 31.8 Å². The maximum absolute atomic E-state index is 12.4. The van der Waals surface area contributed by atoms with Gasteiger partial charge in [0.25, 0.3) is 0 Å². The third-order valence-electron chi connectivity index (χ3n) is 3.91. The second-order valence-electron chi connectivity index (χ2n) is 6.38. The van der Waals surface area contributed by atoms with Crippen molar-refractivity contribution < 1.29 is 14.3 Å². The molecule has 0 aliphatic carbocycles. The molecular formula is C19H21ClN2O3. The molecule has 3 rings (SSSR count). The molecule has 0 saturated carbocycles. The molecule has 0 spiro atoms. The highest BCUT2D eigenvalue weighted by Crippen LogP contribution is 2.33. The lowest BCUT2D eigenvalue weighted by Crippen LogP contribution is -2.52. The van der Waals surface area contributed by atoms with E-state index in [0.29, 0.717) is 17.3 Å². The summed E-state index contributed by atoms with van der Waals surface area (Å²) in [5, 5.41) is 6.27. The number of carbonyl (C=O) groups is 1. The average Bonchev–Trinajstić information content (AvgIpc) is 2.57. The Balaban J connectivity index is 1.71. The van der Waals surface area contributed by atoms with Crippen LogP contribution in [0, 0.1) is 0 Å². The Morgan fingerprint density at radius 1 is 1.16 bits per heavy atom. The van der Waals surface area contributed by atoms with Gasteiger partial charge in [-0.2, -0.15) is 0 Å². The van der Waals surface area contributed by atoms with Crippen LogP contribution in [0.15, 0.2) is 54.6 Å². The summed E-state index contributed by atoms with van der Waals surface area (Å²) in [6.07, 6.45) is -0.296. The maximum atomic E-state index is 12.4. The van der Waals surface area contributed by atoms with Gasteiger partial charge < -0.3 is 20.1 Å². The normalized spacial score (nSPS) is 22.2. The number of urea groups is 1. The fourth-order valence-electron chi connectivity index (χ4n) is 2.76. The molecule has 1 aliphatic heterocycles. The molecule has 1 saturated heterocycles. The van der Waals surface area contributed by atoms with E-state index >= 15 is 0 Å². The van der Waals surface area contributed by atoms with Gasteiger partial charge in [-0.25, -0.2) is 4.79 Å². The maximum Gasteiger partial charge on any atom is 0.319 e. The molecule has 132 valence electrons. The van der Waals surface area contributed by atoms with Crippen molar-refractivity contribution in [2.75, 3.05) is 11.9 Å². The Bertz CT molecular complexity index is 736. The van der Waals surface area contributed by atoms with Crippen molar-refractivity contribution in [3.63, 3.8) is 0 Å². The van der Waals surface area contributed by atoms with Gasteiger partial charge in [0.05, 0.1) is 12.6 Å². The predicted octanol–water partition coefficient (Wildman–Crippen LogP) is 4.35. The third-order valence-corrected chi connectivity index (χ3v) is 4.15. The van der Waals surface area contributed by atoms with Gasteiger partial charge in [0, 0.05) is 10.7 Å². The van der Waals surface area contributed by atoms with Gasteiger partial charge in [-0.15, -0.1) is 0 Å². The molecule has 1 aliphatic rings. The van der Waals surface area contributed by atoms with Crippen LogP contribution in [0.2, 0.25) is 5.02 Å². The number of halogens is 1. The van der Waals surface area contributed by atoms with Crippen molar-refractivity contribution in [3.8, 4) is 0 Å². The van der Waals surface area contributed by atoms with Gasteiger partial charge in [-0.3, -0.25) is 0 Å². The Labute approximate surface area is 152 Å². The topological polar surface area (TPSA) is 59.6 Å². The second kappa shape index (κ2) is 7.44. The number of hydrogen-bond donors (Lipinski definition) is 2. The van der Waals surface area contributed by atoms with Gasteiger partial charge >= 0.3 is 6.03 Å². The number of anilines is 1. The lowest BCUT2D eigenvalue weighted by Gasteiger charge is -2.41. The Kier molecular flexibility index (Phi) is 5.27. The number of ether oxygens (including phenoxy) is 2. The fraction of sp³-hybridized carbons (Fsp3) is 0.316. The van der Waals surface area contributed by atoms with Gasteiger partial charge in [0.1, 0.15) is 6.10 Å². The molecule has 0 bridgehead atoms. The van der Waals surface area contributed by atoms with E-state index in [9.17, 15) is 4.79 Å². The van der Waals surface area contributed by atoms with Crippen molar-refractivity contribution in [1.82, 2.24) is 5.32 Å². The molecule has 5 nitrogen and oxygen atoms in total. The highest BCUT2D eigenvalue weighted by atomic mass is 35.5. The summed E-state index contributed by atoms with van der Waals surface area (Å²) in [6, 6.07) is 16.2. The van der Waals surface area contributed by atoms with Crippen LogP contribution in [-0.2, 0) is 9.47 Å². The quantitative estimate of drug-likeness (QED) is 0.855. The number of carbonyl (C=O) groups excluding carboxylic acids is 1. The van der Waals surface area contributed by atoms with Crippen molar-refractivity contribution >= 4 is 23.3 Å². The van der Waals surface area contributed by atoms with Crippen LogP contribution in [0.1, 0.15) is 25.5 Å². The summed E-state index contributed by atoms with van der Waals surface area (Å²) >= 11 is 5.94. The highest BCUT2D eigenvalue weighted by molar-refractivity contribution is 6.30. The van der Waals surface area contributed by atoms with Crippen LogP contribution in [0.5, 0.6) is 0 Å². The molecule has 2 unspecified atom stereocenters. The van der Waals surface area contributed by atoms with E-state index in [4.69, 9.17) is 21.1 Å². The summed E-state index contributed by atoms with van der Waals surface area (Å²) in [7, 11) is 0. The van der Waals surface area contributed by atoms with E-state index in [1.54, 1.807) is 24.3 Å². The van der Waals surface area contributed by atoms with E-state index in [2.05, 4.69) is 10.6 Å². The first-order chi connectivity index (χ1) is 11.9. The molecule has 2 N–H and O–H groups in total. The van der Waals surface area contributed by atoms with Gasteiger partial charge in [0.2, 0.25) is 0 Å². The molecule has 0 aromatic heterocycles. The summed E-state index contributed by atoms with van der Waals surface area (Å²) < 4.78 is 11.8. The van der Waals surface area contributed by atoms with Crippen LogP contribution < -0.4 is 10.6 Å². The van der Waals surface area contributed by atoms with Gasteiger partial charge in [0.15, 0.2) is 5.79 Å². The number of rotatable bonds is 3. The second-order valence-corrected chi connectivity index (χ2v) is 6.81. The van der Waals surface area contributed by atoms with Gasteiger partial charge in [-0.1, -0.05) is 48.0 Å². The van der Waals surface area contributed by atoms with Crippen molar-refractivity contribution in [1.29, 1.82) is 0 Å². The van der Waals surface area contributed by atoms with E-state index < -0.39 is 5.79 Å². The van der Waals surface area contributed by atoms with E-state index in [0.717, 1.165) is 5.56 Å². The third kappa shape index (κ3) is 4.72. The zero-order chi connectivity index (χ0) is 17.9. The standard InChI is InChI=1S/C19H21ClN2O3/c1-19(2)24-12-16(17(25-19)13-7-4-3-5-8-13)22-18(23)21-15-10-6-9-14(20)11-15/h3-11,16-17H,12H2,1-2H3,(H2,21,22,23). The van der Waals surface area contributed by atoms with Crippen molar-refractivity contribution in [2.24, 2.45) is 0 Å². The van der Waals surface area contributed by atoms with Crippen LogP contribution >= 0.6 is 11.6 Å².